The molecule has 8 heteroatoms. The maximum atomic E-state index is 12.9. The van der Waals surface area contributed by atoms with E-state index in [4.69, 9.17) is 16.3 Å². The van der Waals surface area contributed by atoms with Gasteiger partial charge in [-0.25, -0.2) is 9.78 Å². The van der Waals surface area contributed by atoms with Gasteiger partial charge in [0.05, 0.1) is 23.3 Å². The summed E-state index contributed by atoms with van der Waals surface area (Å²) in [6.45, 7) is 7.31. The lowest BCUT2D eigenvalue weighted by atomic mass is 9.95. The van der Waals surface area contributed by atoms with Crippen LogP contribution in [0.15, 0.2) is 36.5 Å². The summed E-state index contributed by atoms with van der Waals surface area (Å²) in [5.41, 5.74) is 1.42. The number of piperidine rings is 1. The zero-order valence-electron chi connectivity index (χ0n) is 18.2. The molecule has 0 saturated carbocycles. The van der Waals surface area contributed by atoms with Gasteiger partial charge in [-0.3, -0.25) is 4.79 Å². The van der Waals surface area contributed by atoms with Crippen molar-refractivity contribution in [2.24, 2.45) is 5.92 Å². The molecule has 1 aromatic carbocycles. The molecular weight excluding hydrogens is 416 g/mol. The van der Waals surface area contributed by atoms with E-state index in [1.807, 2.05) is 0 Å². The number of halogens is 1. The molecule has 166 valence electrons. The SMILES string of the molecule is COC(=O)c1ccc(C(=O)Nc2ccc(Cl)cn2)c(NCC2CCN(C(C)C)CC2)c1. The smallest absolute Gasteiger partial charge is 0.337 e. The number of anilines is 2. The predicted octanol–water partition coefficient (Wildman–Crippen LogP) is 4.31. The maximum Gasteiger partial charge on any atom is 0.337 e. The number of aromatic nitrogens is 1. The first kappa shape index (κ1) is 23.0. The number of methoxy groups -OCH3 is 1. The van der Waals surface area contributed by atoms with Crippen molar-refractivity contribution in [3.63, 3.8) is 0 Å². The predicted molar refractivity (Wildman–Crippen MR) is 123 cm³/mol. The largest absolute Gasteiger partial charge is 0.465 e. The van der Waals surface area contributed by atoms with E-state index < -0.39 is 5.97 Å². The van der Waals surface area contributed by atoms with Crippen LogP contribution in [0.1, 0.15) is 47.4 Å². The number of benzene rings is 1. The van der Waals surface area contributed by atoms with E-state index in [1.54, 1.807) is 30.3 Å². The highest BCUT2D eigenvalue weighted by atomic mass is 35.5. The van der Waals surface area contributed by atoms with E-state index in [9.17, 15) is 9.59 Å². The van der Waals surface area contributed by atoms with E-state index in [-0.39, 0.29) is 5.91 Å². The van der Waals surface area contributed by atoms with Crippen LogP contribution in [0.5, 0.6) is 0 Å². The van der Waals surface area contributed by atoms with E-state index in [1.165, 1.54) is 13.3 Å². The first-order valence-corrected chi connectivity index (χ1v) is 10.9. The Balaban J connectivity index is 1.73. The number of nitrogens with zero attached hydrogens (tertiary/aromatic N) is 2. The normalized spacial score (nSPS) is 15.0. The van der Waals surface area contributed by atoms with Crippen molar-refractivity contribution >= 4 is 35.0 Å². The number of ether oxygens (including phenoxy) is 1. The molecule has 2 heterocycles. The van der Waals surface area contributed by atoms with Crippen molar-refractivity contribution in [3.05, 3.63) is 52.7 Å². The molecule has 0 atom stereocenters. The number of carbonyl (C=O) groups excluding carboxylic acids is 2. The van der Waals surface area contributed by atoms with Gasteiger partial charge in [0.25, 0.3) is 5.91 Å². The van der Waals surface area contributed by atoms with E-state index in [0.717, 1.165) is 32.5 Å². The Morgan fingerprint density at radius 2 is 1.97 bits per heavy atom. The highest BCUT2D eigenvalue weighted by molar-refractivity contribution is 6.30. The van der Waals surface area contributed by atoms with Gasteiger partial charge in [0.1, 0.15) is 5.82 Å². The number of amides is 1. The third-order valence-corrected chi connectivity index (χ3v) is 5.84. The highest BCUT2D eigenvalue weighted by Crippen LogP contribution is 2.24. The average Bonchev–Trinajstić information content (AvgIpc) is 2.78. The monoisotopic (exact) mass is 444 g/mol. The summed E-state index contributed by atoms with van der Waals surface area (Å²) in [5, 5.41) is 6.66. The van der Waals surface area contributed by atoms with Crippen LogP contribution < -0.4 is 10.6 Å². The molecule has 31 heavy (non-hydrogen) atoms. The molecule has 0 spiro atoms. The van der Waals surface area contributed by atoms with Crippen molar-refractivity contribution in [2.45, 2.75) is 32.7 Å². The van der Waals surface area contributed by atoms with Crippen LogP contribution in [0.2, 0.25) is 5.02 Å². The molecule has 2 aromatic rings. The second kappa shape index (κ2) is 10.6. The Bertz CT molecular complexity index is 910. The van der Waals surface area contributed by atoms with Crippen LogP contribution in [0.4, 0.5) is 11.5 Å². The van der Waals surface area contributed by atoms with Crippen LogP contribution in [-0.2, 0) is 4.74 Å². The fourth-order valence-corrected chi connectivity index (χ4v) is 3.81. The Morgan fingerprint density at radius 1 is 1.23 bits per heavy atom. The van der Waals surface area contributed by atoms with Gasteiger partial charge >= 0.3 is 5.97 Å². The molecule has 1 aliphatic heterocycles. The number of esters is 1. The average molecular weight is 445 g/mol. The minimum Gasteiger partial charge on any atom is -0.465 e. The summed E-state index contributed by atoms with van der Waals surface area (Å²) in [7, 11) is 1.34. The van der Waals surface area contributed by atoms with Gasteiger partial charge in [0.2, 0.25) is 0 Å². The van der Waals surface area contributed by atoms with Gasteiger partial charge in [-0.05, 0) is 76.0 Å². The van der Waals surface area contributed by atoms with Gasteiger partial charge in [0, 0.05) is 24.5 Å². The Morgan fingerprint density at radius 3 is 2.58 bits per heavy atom. The molecule has 7 nitrogen and oxygen atoms in total. The zero-order valence-corrected chi connectivity index (χ0v) is 18.9. The van der Waals surface area contributed by atoms with Crippen LogP contribution >= 0.6 is 11.6 Å². The fourth-order valence-electron chi connectivity index (χ4n) is 3.69. The van der Waals surface area contributed by atoms with E-state index in [0.29, 0.717) is 39.6 Å². The van der Waals surface area contributed by atoms with Gasteiger partial charge in [0.15, 0.2) is 0 Å². The van der Waals surface area contributed by atoms with E-state index >= 15 is 0 Å². The summed E-state index contributed by atoms with van der Waals surface area (Å²) in [6.07, 6.45) is 3.66. The summed E-state index contributed by atoms with van der Waals surface area (Å²) in [6, 6.07) is 8.73. The maximum absolute atomic E-state index is 12.9. The van der Waals surface area contributed by atoms with Gasteiger partial charge in [-0.15, -0.1) is 0 Å². The number of nitrogens with one attached hydrogen (secondary N) is 2. The number of rotatable bonds is 7. The van der Waals surface area contributed by atoms with Gasteiger partial charge in [-0.2, -0.15) is 0 Å². The summed E-state index contributed by atoms with van der Waals surface area (Å²) >= 11 is 5.86. The number of pyridine rings is 1. The molecule has 1 amide bonds. The Kier molecular flexibility index (Phi) is 7.87. The van der Waals surface area contributed by atoms with Gasteiger partial charge < -0.3 is 20.3 Å². The van der Waals surface area contributed by atoms with Crippen molar-refractivity contribution in [1.29, 1.82) is 0 Å². The fraction of sp³-hybridized carbons (Fsp3) is 0.435. The minimum atomic E-state index is -0.445. The van der Waals surface area contributed by atoms with Crippen molar-refractivity contribution in [1.82, 2.24) is 9.88 Å². The second-order valence-electron chi connectivity index (χ2n) is 8.02. The van der Waals surface area contributed by atoms with Crippen molar-refractivity contribution < 1.29 is 14.3 Å². The minimum absolute atomic E-state index is 0.316. The van der Waals surface area contributed by atoms with Crippen molar-refractivity contribution in [2.75, 3.05) is 37.4 Å². The molecule has 1 saturated heterocycles. The first-order valence-electron chi connectivity index (χ1n) is 10.5. The molecular formula is C23H29ClN4O3. The summed E-state index contributed by atoms with van der Waals surface area (Å²) in [5.74, 6) is 0.145. The Hall–Kier alpha value is -2.64. The molecule has 0 radical (unpaired) electrons. The summed E-state index contributed by atoms with van der Waals surface area (Å²) in [4.78, 5) is 31.5. The Labute approximate surface area is 188 Å². The lowest BCUT2D eigenvalue weighted by Crippen LogP contribution is -2.39. The van der Waals surface area contributed by atoms with Crippen LogP contribution in [-0.4, -0.2) is 54.5 Å². The van der Waals surface area contributed by atoms with E-state index in [2.05, 4.69) is 34.4 Å². The second-order valence-corrected chi connectivity index (χ2v) is 8.46. The highest BCUT2D eigenvalue weighted by Gasteiger charge is 2.22. The molecule has 0 aliphatic carbocycles. The third-order valence-electron chi connectivity index (χ3n) is 5.61. The molecule has 1 aromatic heterocycles. The number of carbonyl (C=O) groups is 2. The van der Waals surface area contributed by atoms with Gasteiger partial charge in [-0.1, -0.05) is 11.6 Å². The molecule has 1 fully saturated rings. The third kappa shape index (κ3) is 6.18. The summed E-state index contributed by atoms with van der Waals surface area (Å²) < 4.78 is 4.83. The van der Waals surface area contributed by atoms with Crippen LogP contribution in [0, 0.1) is 5.92 Å². The number of likely N-dealkylation sites (tertiary alicyclic amines) is 1. The number of hydrogen-bond donors (Lipinski definition) is 2. The molecule has 2 N–H and O–H groups in total. The lowest BCUT2D eigenvalue weighted by Gasteiger charge is -2.34. The molecule has 3 rings (SSSR count). The van der Waals surface area contributed by atoms with Crippen molar-refractivity contribution in [3.8, 4) is 0 Å². The molecule has 1 aliphatic rings. The first-order chi connectivity index (χ1) is 14.9. The van der Waals surface area contributed by atoms with Crippen LogP contribution in [0.25, 0.3) is 0 Å². The number of hydrogen-bond acceptors (Lipinski definition) is 6. The quantitative estimate of drug-likeness (QED) is 0.619. The standard InChI is InChI=1S/C23H29ClN4O3/c1-15(2)28-10-8-16(9-11-28)13-25-20-12-17(23(30)31-3)4-6-19(20)22(29)27-21-7-5-18(24)14-26-21/h4-7,12,14-16,25H,8-11,13H2,1-3H3,(H,26,27,29). The molecule has 0 unspecified atom stereocenters. The lowest BCUT2D eigenvalue weighted by molar-refractivity contribution is 0.0600. The topological polar surface area (TPSA) is 83.6 Å². The zero-order chi connectivity index (χ0) is 22.4. The van der Waals surface area contributed by atoms with Crippen LogP contribution in [0.3, 0.4) is 0 Å². The molecule has 0 bridgehead atoms.